The SMILES string of the molecule is Cc1cccc([C@H](C)NCc2ccccc2C(=O)O)c1. The van der Waals surface area contributed by atoms with Gasteiger partial charge in [0.05, 0.1) is 5.56 Å². The number of aryl methyl sites for hydroxylation is 1. The molecule has 2 N–H and O–H groups in total. The lowest BCUT2D eigenvalue weighted by molar-refractivity contribution is 0.0695. The van der Waals surface area contributed by atoms with Crippen molar-refractivity contribution in [3.8, 4) is 0 Å². The Kier molecular flexibility index (Phi) is 4.53. The number of carboxylic acid groups (broad SMARTS) is 1. The van der Waals surface area contributed by atoms with E-state index in [9.17, 15) is 4.79 Å². The van der Waals surface area contributed by atoms with Crippen LogP contribution in [0.2, 0.25) is 0 Å². The van der Waals surface area contributed by atoms with Gasteiger partial charge >= 0.3 is 5.97 Å². The van der Waals surface area contributed by atoms with Gasteiger partial charge in [0, 0.05) is 12.6 Å². The van der Waals surface area contributed by atoms with Crippen molar-refractivity contribution >= 4 is 5.97 Å². The first-order valence-corrected chi connectivity index (χ1v) is 6.69. The number of aromatic carboxylic acids is 1. The molecule has 0 saturated heterocycles. The second-order valence-electron chi connectivity index (χ2n) is 4.98. The maximum absolute atomic E-state index is 11.2. The van der Waals surface area contributed by atoms with E-state index >= 15 is 0 Å². The molecule has 0 aromatic heterocycles. The minimum absolute atomic E-state index is 0.178. The summed E-state index contributed by atoms with van der Waals surface area (Å²) in [4.78, 5) is 11.2. The Bertz CT molecular complexity index is 607. The molecule has 0 aliphatic carbocycles. The number of carbonyl (C=O) groups is 1. The summed E-state index contributed by atoms with van der Waals surface area (Å²) < 4.78 is 0. The predicted molar refractivity (Wildman–Crippen MR) is 79.8 cm³/mol. The van der Waals surface area contributed by atoms with Crippen molar-refractivity contribution in [2.24, 2.45) is 0 Å². The summed E-state index contributed by atoms with van der Waals surface area (Å²) in [7, 11) is 0. The monoisotopic (exact) mass is 269 g/mol. The van der Waals surface area contributed by atoms with Crippen LogP contribution in [0.1, 0.15) is 40.0 Å². The average molecular weight is 269 g/mol. The van der Waals surface area contributed by atoms with E-state index in [1.807, 2.05) is 18.2 Å². The lowest BCUT2D eigenvalue weighted by Gasteiger charge is -2.16. The van der Waals surface area contributed by atoms with Crippen molar-refractivity contribution in [3.63, 3.8) is 0 Å². The third kappa shape index (κ3) is 3.45. The first-order chi connectivity index (χ1) is 9.58. The molecular formula is C17H19NO2. The molecule has 0 fully saturated rings. The Morgan fingerprint density at radius 1 is 1.20 bits per heavy atom. The van der Waals surface area contributed by atoms with Crippen molar-refractivity contribution in [3.05, 3.63) is 70.8 Å². The Labute approximate surface area is 119 Å². The zero-order chi connectivity index (χ0) is 14.5. The lowest BCUT2D eigenvalue weighted by Crippen LogP contribution is -2.19. The molecule has 3 nitrogen and oxygen atoms in total. The largest absolute Gasteiger partial charge is 0.478 e. The van der Waals surface area contributed by atoms with E-state index in [2.05, 4.69) is 37.4 Å². The van der Waals surface area contributed by atoms with Crippen LogP contribution in [0, 0.1) is 6.92 Å². The third-order valence-electron chi connectivity index (χ3n) is 3.39. The highest BCUT2D eigenvalue weighted by Gasteiger charge is 2.10. The van der Waals surface area contributed by atoms with Gasteiger partial charge in [-0.3, -0.25) is 0 Å². The number of benzene rings is 2. The number of carboxylic acids is 1. The summed E-state index contributed by atoms with van der Waals surface area (Å²) in [5.74, 6) is -0.884. The minimum Gasteiger partial charge on any atom is -0.478 e. The molecule has 0 unspecified atom stereocenters. The molecule has 0 saturated carbocycles. The molecule has 3 heteroatoms. The molecule has 2 aromatic carbocycles. The first-order valence-electron chi connectivity index (χ1n) is 6.69. The maximum atomic E-state index is 11.2. The second-order valence-corrected chi connectivity index (χ2v) is 4.98. The van der Waals surface area contributed by atoms with E-state index in [1.165, 1.54) is 11.1 Å². The summed E-state index contributed by atoms with van der Waals surface area (Å²) in [5.41, 5.74) is 3.59. The molecule has 104 valence electrons. The van der Waals surface area contributed by atoms with Crippen LogP contribution in [-0.4, -0.2) is 11.1 Å². The van der Waals surface area contributed by atoms with Crippen LogP contribution >= 0.6 is 0 Å². The van der Waals surface area contributed by atoms with Crippen LogP contribution < -0.4 is 5.32 Å². The quantitative estimate of drug-likeness (QED) is 0.872. The van der Waals surface area contributed by atoms with Crippen LogP contribution in [0.5, 0.6) is 0 Å². The summed E-state index contributed by atoms with van der Waals surface area (Å²) in [6.07, 6.45) is 0. The fourth-order valence-electron chi connectivity index (χ4n) is 2.20. The van der Waals surface area contributed by atoms with Crippen molar-refractivity contribution in [1.29, 1.82) is 0 Å². The molecule has 0 aliphatic heterocycles. The van der Waals surface area contributed by atoms with Gasteiger partial charge in [-0.25, -0.2) is 4.79 Å². The van der Waals surface area contributed by atoms with Crippen LogP contribution in [0.3, 0.4) is 0 Å². The van der Waals surface area contributed by atoms with E-state index in [0.717, 1.165) is 5.56 Å². The molecule has 0 heterocycles. The Hall–Kier alpha value is -2.13. The summed E-state index contributed by atoms with van der Waals surface area (Å²) in [5, 5.41) is 12.5. The fourth-order valence-corrected chi connectivity index (χ4v) is 2.20. The zero-order valence-electron chi connectivity index (χ0n) is 11.8. The highest BCUT2D eigenvalue weighted by molar-refractivity contribution is 5.89. The predicted octanol–water partition coefficient (Wildman–Crippen LogP) is 3.54. The summed E-state index contributed by atoms with van der Waals surface area (Å²) in [6, 6.07) is 15.6. The number of nitrogens with one attached hydrogen (secondary N) is 1. The van der Waals surface area contributed by atoms with Crippen LogP contribution in [0.15, 0.2) is 48.5 Å². The average Bonchev–Trinajstić information content (AvgIpc) is 2.45. The van der Waals surface area contributed by atoms with E-state index < -0.39 is 5.97 Å². The second kappa shape index (κ2) is 6.35. The standard InChI is InChI=1S/C17H19NO2/c1-12-6-5-8-14(10-12)13(2)18-11-15-7-3-4-9-16(15)17(19)20/h3-10,13,18H,11H2,1-2H3,(H,19,20)/t13-/m0/s1. The molecule has 0 spiro atoms. The van der Waals surface area contributed by atoms with Crippen molar-refractivity contribution < 1.29 is 9.90 Å². The number of rotatable bonds is 5. The van der Waals surface area contributed by atoms with E-state index in [-0.39, 0.29) is 6.04 Å². The molecule has 0 radical (unpaired) electrons. The summed E-state index contributed by atoms with van der Waals surface area (Å²) >= 11 is 0. The Balaban J connectivity index is 2.07. The van der Waals surface area contributed by atoms with Gasteiger partial charge in [0.1, 0.15) is 0 Å². The smallest absolute Gasteiger partial charge is 0.336 e. The van der Waals surface area contributed by atoms with Gasteiger partial charge in [0.25, 0.3) is 0 Å². The van der Waals surface area contributed by atoms with Gasteiger partial charge in [0.15, 0.2) is 0 Å². The first kappa shape index (κ1) is 14.3. The number of hydrogen-bond acceptors (Lipinski definition) is 2. The van der Waals surface area contributed by atoms with E-state index in [0.29, 0.717) is 12.1 Å². The molecule has 2 aromatic rings. The van der Waals surface area contributed by atoms with Gasteiger partial charge in [-0.2, -0.15) is 0 Å². The highest BCUT2D eigenvalue weighted by atomic mass is 16.4. The van der Waals surface area contributed by atoms with Crippen molar-refractivity contribution in [2.45, 2.75) is 26.4 Å². The van der Waals surface area contributed by atoms with Crippen LogP contribution in [0.4, 0.5) is 0 Å². The van der Waals surface area contributed by atoms with Crippen molar-refractivity contribution in [2.75, 3.05) is 0 Å². The maximum Gasteiger partial charge on any atom is 0.336 e. The van der Waals surface area contributed by atoms with E-state index in [4.69, 9.17) is 5.11 Å². The lowest BCUT2D eigenvalue weighted by atomic mass is 10.0. The normalized spacial score (nSPS) is 12.1. The molecule has 2 rings (SSSR count). The molecule has 0 amide bonds. The van der Waals surface area contributed by atoms with Crippen molar-refractivity contribution in [1.82, 2.24) is 5.32 Å². The molecule has 0 bridgehead atoms. The topological polar surface area (TPSA) is 49.3 Å². The van der Waals surface area contributed by atoms with Crippen LogP contribution in [-0.2, 0) is 6.54 Å². The highest BCUT2D eigenvalue weighted by Crippen LogP contribution is 2.15. The molecule has 20 heavy (non-hydrogen) atoms. The fraction of sp³-hybridized carbons (Fsp3) is 0.235. The molecule has 1 atom stereocenters. The Morgan fingerprint density at radius 3 is 2.65 bits per heavy atom. The summed E-state index contributed by atoms with van der Waals surface area (Å²) in [6.45, 7) is 4.69. The third-order valence-corrected chi connectivity index (χ3v) is 3.39. The van der Waals surface area contributed by atoms with Gasteiger partial charge in [-0.1, -0.05) is 48.0 Å². The minimum atomic E-state index is -0.884. The van der Waals surface area contributed by atoms with Gasteiger partial charge in [-0.05, 0) is 31.0 Å². The molecular weight excluding hydrogens is 250 g/mol. The van der Waals surface area contributed by atoms with Crippen LogP contribution in [0.25, 0.3) is 0 Å². The van der Waals surface area contributed by atoms with Gasteiger partial charge in [0.2, 0.25) is 0 Å². The van der Waals surface area contributed by atoms with Gasteiger partial charge in [-0.15, -0.1) is 0 Å². The van der Waals surface area contributed by atoms with E-state index in [1.54, 1.807) is 12.1 Å². The number of hydrogen-bond donors (Lipinski definition) is 2. The molecule has 0 aliphatic rings. The van der Waals surface area contributed by atoms with Gasteiger partial charge < -0.3 is 10.4 Å². The Morgan fingerprint density at radius 2 is 1.95 bits per heavy atom. The zero-order valence-corrected chi connectivity index (χ0v) is 11.8.